The van der Waals surface area contributed by atoms with Gasteiger partial charge in [0, 0.05) is 17.8 Å². The second-order valence-electron chi connectivity index (χ2n) is 5.13. The van der Waals surface area contributed by atoms with Crippen molar-refractivity contribution in [3.8, 4) is 0 Å². The van der Waals surface area contributed by atoms with Crippen LogP contribution in [0.1, 0.15) is 27.2 Å². The van der Waals surface area contributed by atoms with Gasteiger partial charge in [0.1, 0.15) is 0 Å². The molecule has 1 unspecified atom stereocenters. The Hall–Kier alpha value is 0.0700. The smallest absolute Gasteiger partial charge is 0.227 e. The van der Waals surface area contributed by atoms with Crippen molar-refractivity contribution in [2.75, 3.05) is 25.9 Å². The van der Waals surface area contributed by atoms with Crippen molar-refractivity contribution in [2.24, 2.45) is 5.41 Å². The van der Waals surface area contributed by atoms with E-state index in [2.05, 4.69) is 30.7 Å². The Bertz CT molecular complexity index is 240. The Labute approximate surface area is 109 Å². The highest BCUT2D eigenvalue weighted by Crippen LogP contribution is 2.25. The maximum absolute atomic E-state index is 12.0. The van der Waals surface area contributed by atoms with E-state index in [9.17, 15) is 4.79 Å². The molecule has 0 aromatic carbocycles. The maximum Gasteiger partial charge on any atom is 0.227 e. The van der Waals surface area contributed by atoms with E-state index in [-0.39, 0.29) is 28.5 Å². The summed E-state index contributed by atoms with van der Waals surface area (Å²) in [6.07, 6.45) is 3.02. The molecule has 0 bridgehead atoms. The SMILES string of the molecule is CSC(C)(C)CNC(=O)C1(C)CCNC1.Cl. The van der Waals surface area contributed by atoms with Gasteiger partial charge in [-0.05, 0) is 40.0 Å². The van der Waals surface area contributed by atoms with E-state index in [1.807, 2.05) is 6.92 Å². The van der Waals surface area contributed by atoms with Crippen LogP contribution in [0.3, 0.4) is 0 Å². The normalized spacial score (nSPS) is 25.0. The van der Waals surface area contributed by atoms with Crippen LogP contribution in [0.4, 0.5) is 0 Å². The molecule has 1 aliphatic heterocycles. The van der Waals surface area contributed by atoms with Gasteiger partial charge in [0.05, 0.1) is 5.41 Å². The van der Waals surface area contributed by atoms with E-state index in [4.69, 9.17) is 0 Å². The summed E-state index contributed by atoms with van der Waals surface area (Å²) in [6, 6.07) is 0. The van der Waals surface area contributed by atoms with E-state index in [0.717, 1.165) is 26.1 Å². The first-order valence-electron chi connectivity index (χ1n) is 5.44. The van der Waals surface area contributed by atoms with Crippen LogP contribution in [0.25, 0.3) is 0 Å². The Morgan fingerprint density at radius 2 is 2.19 bits per heavy atom. The minimum absolute atomic E-state index is 0. The van der Waals surface area contributed by atoms with Gasteiger partial charge in [-0.2, -0.15) is 11.8 Å². The van der Waals surface area contributed by atoms with Crippen LogP contribution >= 0.6 is 24.2 Å². The van der Waals surface area contributed by atoms with E-state index in [0.29, 0.717) is 0 Å². The van der Waals surface area contributed by atoms with Gasteiger partial charge in [-0.3, -0.25) is 4.79 Å². The predicted octanol–water partition coefficient (Wildman–Crippen LogP) is 1.67. The molecule has 1 saturated heterocycles. The minimum atomic E-state index is -0.200. The van der Waals surface area contributed by atoms with E-state index >= 15 is 0 Å². The monoisotopic (exact) mass is 266 g/mol. The van der Waals surface area contributed by atoms with Gasteiger partial charge in [0.15, 0.2) is 0 Å². The molecule has 0 aromatic heterocycles. The molecular formula is C11H23ClN2OS. The van der Waals surface area contributed by atoms with Gasteiger partial charge < -0.3 is 10.6 Å². The fraction of sp³-hybridized carbons (Fsp3) is 0.909. The summed E-state index contributed by atoms with van der Waals surface area (Å²) in [5.74, 6) is 0.189. The molecule has 5 heteroatoms. The lowest BCUT2D eigenvalue weighted by Crippen LogP contribution is -2.44. The van der Waals surface area contributed by atoms with Crippen molar-refractivity contribution in [1.29, 1.82) is 0 Å². The highest BCUT2D eigenvalue weighted by Gasteiger charge is 2.36. The quantitative estimate of drug-likeness (QED) is 0.813. The van der Waals surface area contributed by atoms with Gasteiger partial charge >= 0.3 is 0 Å². The van der Waals surface area contributed by atoms with Gasteiger partial charge in [-0.15, -0.1) is 12.4 Å². The minimum Gasteiger partial charge on any atom is -0.354 e. The number of halogens is 1. The molecule has 0 radical (unpaired) electrons. The van der Waals surface area contributed by atoms with Gasteiger partial charge in [0.2, 0.25) is 5.91 Å². The van der Waals surface area contributed by atoms with Crippen molar-refractivity contribution in [3.63, 3.8) is 0 Å². The lowest BCUT2D eigenvalue weighted by molar-refractivity contribution is -0.129. The molecule has 16 heavy (non-hydrogen) atoms. The maximum atomic E-state index is 12.0. The van der Waals surface area contributed by atoms with Crippen LogP contribution in [-0.4, -0.2) is 36.5 Å². The third-order valence-corrected chi connectivity index (χ3v) is 4.39. The highest BCUT2D eigenvalue weighted by atomic mass is 35.5. The van der Waals surface area contributed by atoms with Crippen molar-refractivity contribution in [3.05, 3.63) is 0 Å². The summed E-state index contributed by atoms with van der Waals surface area (Å²) >= 11 is 1.78. The number of hydrogen-bond donors (Lipinski definition) is 2. The number of thioether (sulfide) groups is 1. The molecule has 1 rings (SSSR count). The number of nitrogens with one attached hydrogen (secondary N) is 2. The fourth-order valence-corrected chi connectivity index (χ4v) is 1.81. The van der Waals surface area contributed by atoms with E-state index in [1.54, 1.807) is 11.8 Å². The summed E-state index contributed by atoms with van der Waals surface area (Å²) in [7, 11) is 0. The Morgan fingerprint density at radius 3 is 2.62 bits per heavy atom. The number of carbonyl (C=O) groups excluding carboxylic acids is 1. The first kappa shape index (κ1) is 16.1. The van der Waals surface area contributed by atoms with Gasteiger partial charge in [-0.25, -0.2) is 0 Å². The third kappa shape index (κ3) is 4.15. The first-order valence-corrected chi connectivity index (χ1v) is 6.66. The molecule has 1 atom stereocenters. The van der Waals surface area contributed by atoms with Crippen LogP contribution in [0.2, 0.25) is 0 Å². The summed E-state index contributed by atoms with van der Waals surface area (Å²) in [6.45, 7) is 8.83. The zero-order chi connectivity index (χ0) is 11.5. The summed E-state index contributed by atoms with van der Waals surface area (Å²) in [4.78, 5) is 12.0. The average molecular weight is 267 g/mol. The number of hydrogen-bond acceptors (Lipinski definition) is 3. The molecule has 96 valence electrons. The predicted molar refractivity (Wildman–Crippen MR) is 73.4 cm³/mol. The molecule has 2 N–H and O–H groups in total. The standard InChI is InChI=1S/C11H22N2OS.ClH/c1-10(2,15-4)7-13-9(14)11(3)5-6-12-8-11;/h12H,5-8H2,1-4H3,(H,13,14);1H. The van der Waals surface area contributed by atoms with Crippen LogP contribution < -0.4 is 10.6 Å². The summed E-state index contributed by atoms with van der Waals surface area (Å²) < 4.78 is 0.123. The van der Waals surface area contributed by atoms with E-state index < -0.39 is 0 Å². The lowest BCUT2D eigenvalue weighted by Gasteiger charge is -2.27. The van der Waals surface area contributed by atoms with Crippen molar-refractivity contribution in [2.45, 2.75) is 31.9 Å². The molecule has 1 aliphatic rings. The molecule has 3 nitrogen and oxygen atoms in total. The zero-order valence-corrected chi connectivity index (χ0v) is 12.2. The Balaban J connectivity index is 0.00000225. The van der Waals surface area contributed by atoms with Crippen molar-refractivity contribution in [1.82, 2.24) is 10.6 Å². The number of rotatable bonds is 4. The largest absolute Gasteiger partial charge is 0.354 e. The molecule has 1 heterocycles. The van der Waals surface area contributed by atoms with Gasteiger partial charge in [0.25, 0.3) is 0 Å². The first-order chi connectivity index (χ1) is 6.90. The van der Waals surface area contributed by atoms with Crippen molar-refractivity contribution < 1.29 is 4.79 Å². The molecule has 0 aromatic rings. The van der Waals surface area contributed by atoms with Gasteiger partial charge in [-0.1, -0.05) is 0 Å². The third-order valence-electron chi connectivity index (χ3n) is 3.14. The Morgan fingerprint density at radius 1 is 1.56 bits per heavy atom. The Kier molecular flexibility index (Phi) is 6.15. The number of carbonyl (C=O) groups is 1. The topological polar surface area (TPSA) is 41.1 Å². The fourth-order valence-electron chi connectivity index (χ4n) is 1.59. The van der Waals surface area contributed by atoms with Crippen molar-refractivity contribution >= 4 is 30.1 Å². The zero-order valence-electron chi connectivity index (χ0n) is 10.6. The molecule has 1 fully saturated rings. The molecule has 0 spiro atoms. The second kappa shape index (κ2) is 6.12. The lowest BCUT2D eigenvalue weighted by atomic mass is 9.88. The van der Waals surface area contributed by atoms with Crippen LogP contribution in [0, 0.1) is 5.41 Å². The average Bonchev–Trinajstić information content (AvgIpc) is 2.63. The molecule has 0 saturated carbocycles. The van der Waals surface area contributed by atoms with E-state index in [1.165, 1.54) is 0 Å². The van der Waals surface area contributed by atoms with Crippen LogP contribution in [0.5, 0.6) is 0 Å². The van der Waals surface area contributed by atoms with Crippen LogP contribution in [0.15, 0.2) is 0 Å². The molecule has 1 amide bonds. The number of amides is 1. The highest BCUT2D eigenvalue weighted by molar-refractivity contribution is 7.99. The second-order valence-corrected chi connectivity index (χ2v) is 6.65. The molecule has 0 aliphatic carbocycles. The molecular weight excluding hydrogens is 244 g/mol. The summed E-state index contributed by atoms with van der Waals surface area (Å²) in [5, 5.41) is 6.30. The van der Waals surface area contributed by atoms with Crippen LogP contribution in [-0.2, 0) is 4.79 Å². The summed E-state index contributed by atoms with van der Waals surface area (Å²) in [5.41, 5.74) is -0.200.